The van der Waals surface area contributed by atoms with Crippen molar-refractivity contribution >= 4 is 11.6 Å². The van der Waals surface area contributed by atoms with E-state index in [1.54, 1.807) is 18.7 Å². The first-order chi connectivity index (χ1) is 14.6. The zero-order chi connectivity index (χ0) is 22.5. The largest absolute Gasteiger partial charge is 0.391 e. The van der Waals surface area contributed by atoms with Gasteiger partial charge in [0.05, 0.1) is 11.6 Å². The minimum Gasteiger partial charge on any atom is -0.342 e. The zero-order valence-electron chi connectivity index (χ0n) is 18.0. The number of hydrogen-bond acceptors (Lipinski definition) is 3. The highest BCUT2D eigenvalue weighted by atomic mass is 19.4. The molecular formula is C22H28F4N4O. The number of alkyl halides is 3. The Labute approximate surface area is 178 Å². The maximum Gasteiger partial charge on any atom is 0.391 e. The highest BCUT2D eigenvalue weighted by Gasteiger charge is 2.42. The number of rotatable bonds is 2. The number of aryl methyl sites for hydroxylation is 1. The Morgan fingerprint density at radius 3 is 2.45 bits per heavy atom. The molecule has 0 aromatic carbocycles. The van der Waals surface area contributed by atoms with Crippen molar-refractivity contribution in [1.29, 1.82) is 0 Å². The van der Waals surface area contributed by atoms with Gasteiger partial charge in [0.25, 0.3) is 0 Å². The van der Waals surface area contributed by atoms with E-state index in [-0.39, 0.29) is 60.7 Å². The molecule has 2 aromatic heterocycles. The molecule has 31 heavy (non-hydrogen) atoms. The number of carbonyl (C=O) groups excluding carboxylic acids is 1. The number of amides is 1. The van der Waals surface area contributed by atoms with Gasteiger partial charge in [-0.2, -0.15) is 18.3 Å². The molecule has 170 valence electrons. The SMILES string of the molecule is CC(=O)N1CC[C@H](C)[C@H](c2cc(C)nc3c(F)c(C4CCC(C(F)(F)F)CC4)nn23)C1. The number of piperidine rings is 1. The quantitative estimate of drug-likeness (QED) is 0.619. The molecular weight excluding hydrogens is 412 g/mol. The van der Waals surface area contributed by atoms with Crippen LogP contribution in [0.2, 0.25) is 0 Å². The Balaban J connectivity index is 1.69. The van der Waals surface area contributed by atoms with Gasteiger partial charge in [0, 0.05) is 37.5 Å². The standard InChI is InChI=1S/C22H28F4N4O/c1-12-8-9-29(14(3)31)11-17(12)18-10-13(2)27-21-19(23)20(28-30(18)21)15-4-6-16(7-5-15)22(24,25)26/h10,12,15-17H,4-9,11H2,1-3H3/t12-,15?,16?,17+/m0/s1. The normalized spacial score (nSPS) is 27.6. The fourth-order valence-corrected chi connectivity index (χ4v) is 5.12. The number of halogens is 4. The van der Waals surface area contributed by atoms with Gasteiger partial charge in [-0.05, 0) is 51.0 Å². The van der Waals surface area contributed by atoms with E-state index in [2.05, 4.69) is 17.0 Å². The van der Waals surface area contributed by atoms with Gasteiger partial charge in [-0.15, -0.1) is 0 Å². The highest BCUT2D eigenvalue weighted by Crippen LogP contribution is 2.43. The number of aromatic nitrogens is 3. The number of hydrogen-bond donors (Lipinski definition) is 0. The van der Waals surface area contributed by atoms with E-state index < -0.39 is 17.9 Å². The van der Waals surface area contributed by atoms with E-state index in [0.717, 1.165) is 12.1 Å². The zero-order valence-corrected chi connectivity index (χ0v) is 18.0. The van der Waals surface area contributed by atoms with Crippen LogP contribution in [0.4, 0.5) is 17.6 Å². The summed E-state index contributed by atoms with van der Waals surface area (Å²) in [6, 6.07) is 1.88. The maximum absolute atomic E-state index is 15.3. The first kappa shape index (κ1) is 22.0. The number of carbonyl (C=O) groups is 1. The molecule has 0 N–H and O–H groups in total. The third-order valence-corrected chi connectivity index (χ3v) is 7.07. The van der Waals surface area contributed by atoms with E-state index >= 15 is 4.39 Å². The molecule has 0 unspecified atom stereocenters. The van der Waals surface area contributed by atoms with Gasteiger partial charge in [0.15, 0.2) is 11.5 Å². The van der Waals surface area contributed by atoms with Crippen molar-refractivity contribution in [2.24, 2.45) is 11.8 Å². The molecule has 0 bridgehead atoms. The summed E-state index contributed by atoms with van der Waals surface area (Å²) in [4.78, 5) is 18.1. The second-order valence-corrected chi connectivity index (χ2v) is 9.18. The smallest absolute Gasteiger partial charge is 0.342 e. The van der Waals surface area contributed by atoms with Gasteiger partial charge < -0.3 is 4.90 Å². The van der Waals surface area contributed by atoms with Gasteiger partial charge in [-0.3, -0.25) is 4.79 Å². The van der Waals surface area contributed by atoms with E-state index in [9.17, 15) is 18.0 Å². The molecule has 1 saturated carbocycles. The second kappa shape index (κ2) is 8.06. The Hall–Kier alpha value is -2.19. The van der Waals surface area contributed by atoms with Crippen LogP contribution in [0.15, 0.2) is 6.07 Å². The van der Waals surface area contributed by atoms with Crippen molar-refractivity contribution < 1.29 is 22.4 Å². The minimum absolute atomic E-state index is 0.00593. The van der Waals surface area contributed by atoms with Crippen molar-refractivity contribution in [3.8, 4) is 0 Å². The first-order valence-electron chi connectivity index (χ1n) is 10.9. The third kappa shape index (κ3) is 4.15. The Morgan fingerprint density at radius 2 is 1.84 bits per heavy atom. The van der Waals surface area contributed by atoms with Gasteiger partial charge >= 0.3 is 6.18 Å². The lowest BCUT2D eigenvalue weighted by Crippen LogP contribution is -2.41. The fourth-order valence-electron chi connectivity index (χ4n) is 5.12. The second-order valence-electron chi connectivity index (χ2n) is 9.18. The van der Waals surface area contributed by atoms with Crippen LogP contribution in [0, 0.1) is 24.6 Å². The molecule has 5 nitrogen and oxygen atoms in total. The topological polar surface area (TPSA) is 50.5 Å². The lowest BCUT2D eigenvalue weighted by molar-refractivity contribution is -0.182. The summed E-state index contributed by atoms with van der Waals surface area (Å²) < 4.78 is 55.9. The molecule has 2 atom stereocenters. The van der Waals surface area contributed by atoms with E-state index in [4.69, 9.17) is 0 Å². The van der Waals surface area contributed by atoms with Gasteiger partial charge in [-0.1, -0.05) is 6.92 Å². The first-order valence-corrected chi connectivity index (χ1v) is 10.9. The van der Waals surface area contributed by atoms with E-state index in [1.807, 2.05) is 6.07 Å². The molecule has 4 rings (SSSR count). The molecule has 0 radical (unpaired) electrons. The van der Waals surface area contributed by atoms with Gasteiger partial charge in [-0.25, -0.2) is 13.9 Å². The molecule has 1 aliphatic carbocycles. The van der Waals surface area contributed by atoms with Crippen LogP contribution in [-0.2, 0) is 4.79 Å². The Morgan fingerprint density at radius 1 is 1.16 bits per heavy atom. The summed E-state index contributed by atoms with van der Waals surface area (Å²) >= 11 is 0. The van der Waals surface area contributed by atoms with Crippen LogP contribution in [-0.4, -0.2) is 44.7 Å². The molecule has 2 aliphatic rings. The summed E-state index contributed by atoms with van der Waals surface area (Å²) in [5.74, 6) is -1.93. The molecule has 1 amide bonds. The molecule has 9 heteroatoms. The number of likely N-dealkylation sites (tertiary alicyclic amines) is 1. The molecule has 1 aliphatic heterocycles. The summed E-state index contributed by atoms with van der Waals surface area (Å²) in [6.07, 6.45) is -2.85. The summed E-state index contributed by atoms with van der Waals surface area (Å²) in [7, 11) is 0. The van der Waals surface area contributed by atoms with Crippen molar-refractivity contribution in [2.75, 3.05) is 13.1 Å². The Bertz CT molecular complexity index is 978. The van der Waals surface area contributed by atoms with Crippen molar-refractivity contribution in [3.63, 3.8) is 0 Å². The van der Waals surface area contributed by atoms with Crippen LogP contribution < -0.4 is 0 Å². The third-order valence-electron chi connectivity index (χ3n) is 7.07. The van der Waals surface area contributed by atoms with Crippen LogP contribution in [0.25, 0.3) is 5.65 Å². The maximum atomic E-state index is 15.3. The van der Waals surface area contributed by atoms with Crippen LogP contribution >= 0.6 is 0 Å². The van der Waals surface area contributed by atoms with Crippen LogP contribution in [0.5, 0.6) is 0 Å². The summed E-state index contributed by atoms with van der Waals surface area (Å²) in [5, 5.41) is 4.54. The van der Waals surface area contributed by atoms with Crippen molar-refractivity contribution in [2.45, 2.75) is 70.9 Å². The Kier molecular flexibility index (Phi) is 5.72. The fraction of sp³-hybridized carbons (Fsp3) is 0.682. The van der Waals surface area contributed by atoms with E-state index in [1.165, 1.54) is 4.52 Å². The monoisotopic (exact) mass is 440 g/mol. The highest BCUT2D eigenvalue weighted by molar-refractivity contribution is 5.73. The predicted molar refractivity (Wildman–Crippen MR) is 107 cm³/mol. The molecule has 1 saturated heterocycles. The van der Waals surface area contributed by atoms with E-state index in [0.29, 0.717) is 18.8 Å². The minimum atomic E-state index is -4.20. The van der Waals surface area contributed by atoms with Crippen molar-refractivity contribution in [1.82, 2.24) is 19.5 Å². The predicted octanol–water partition coefficient (Wildman–Crippen LogP) is 4.98. The lowest BCUT2D eigenvalue weighted by atomic mass is 9.80. The molecule has 3 heterocycles. The lowest BCUT2D eigenvalue weighted by Gasteiger charge is -2.36. The molecule has 0 spiro atoms. The number of fused-ring (bicyclic) bond motifs is 1. The van der Waals surface area contributed by atoms with Crippen LogP contribution in [0.3, 0.4) is 0 Å². The summed E-state index contributed by atoms with van der Waals surface area (Å²) in [6.45, 7) is 6.68. The van der Waals surface area contributed by atoms with Crippen molar-refractivity contribution in [3.05, 3.63) is 29.0 Å². The van der Waals surface area contributed by atoms with Gasteiger partial charge in [0.1, 0.15) is 5.69 Å². The average Bonchev–Trinajstić information content (AvgIpc) is 3.03. The summed E-state index contributed by atoms with van der Waals surface area (Å²) in [5.41, 5.74) is 1.79. The molecule has 2 aromatic rings. The number of nitrogens with zero attached hydrogens (tertiary/aromatic N) is 4. The van der Waals surface area contributed by atoms with Gasteiger partial charge in [0.2, 0.25) is 5.91 Å². The molecule has 2 fully saturated rings. The average molecular weight is 440 g/mol. The van der Waals surface area contributed by atoms with Crippen LogP contribution in [0.1, 0.15) is 74.9 Å².